The third kappa shape index (κ3) is 2.59. The fourth-order valence-corrected chi connectivity index (χ4v) is 1.98. The molecule has 2 rings (SSSR count). The smallest absolute Gasteiger partial charge is 0.355 e. The highest BCUT2D eigenvalue weighted by molar-refractivity contribution is 14.1. The number of halogens is 2. The minimum Gasteiger partial charge on any atom is -0.458 e. The van der Waals surface area contributed by atoms with Crippen LogP contribution < -0.4 is 0 Å². The number of aromatic nitrogens is 1. The summed E-state index contributed by atoms with van der Waals surface area (Å²) in [5, 5.41) is 0.665. The summed E-state index contributed by atoms with van der Waals surface area (Å²) in [5.41, 5.74) is 1.07. The van der Waals surface area contributed by atoms with E-state index in [0.717, 1.165) is 5.52 Å². The van der Waals surface area contributed by atoms with E-state index in [9.17, 15) is 9.18 Å². The lowest BCUT2D eigenvalue weighted by Gasteiger charge is -2.05. The van der Waals surface area contributed by atoms with Crippen LogP contribution in [0.3, 0.4) is 0 Å². The highest BCUT2D eigenvalue weighted by atomic mass is 127. The van der Waals surface area contributed by atoms with Crippen LogP contribution in [0.2, 0.25) is 0 Å². The van der Waals surface area contributed by atoms with E-state index in [4.69, 9.17) is 4.74 Å². The molecule has 1 aromatic carbocycles. The van der Waals surface area contributed by atoms with Crippen LogP contribution in [0.25, 0.3) is 10.9 Å². The van der Waals surface area contributed by atoms with Crippen molar-refractivity contribution in [1.82, 2.24) is 4.98 Å². The topological polar surface area (TPSA) is 42.1 Å². The molecule has 17 heavy (non-hydrogen) atoms. The van der Waals surface area contributed by atoms with Crippen LogP contribution in [0.15, 0.2) is 18.2 Å². The lowest BCUT2D eigenvalue weighted by molar-refractivity contribution is 0.0372. The van der Waals surface area contributed by atoms with Crippen LogP contribution in [0.5, 0.6) is 0 Å². The van der Waals surface area contributed by atoms with Gasteiger partial charge in [-0.3, -0.25) is 0 Å². The molecule has 1 aromatic heterocycles. The van der Waals surface area contributed by atoms with Crippen molar-refractivity contribution < 1.29 is 13.9 Å². The predicted molar refractivity (Wildman–Crippen MR) is 71.5 cm³/mol. The Kier molecular flexibility index (Phi) is 3.37. The molecule has 0 saturated heterocycles. The lowest BCUT2D eigenvalue weighted by atomic mass is 10.2. The molecular formula is C12H11FINO2. The fourth-order valence-electron chi connectivity index (χ4n) is 1.51. The number of hydrogen-bond acceptors (Lipinski definition) is 2. The van der Waals surface area contributed by atoms with Crippen molar-refractivity contribution in [3.8, 4) is 0 Å². The maximum atomic E-state index is 13.3. The van der Waals surface area contributed by atoms with Gasteiger partial charge in [-0.15, -0.1) is 0 Å². The van der Waals surface area contributed by atoms with Gasteiger partial charge in [-0.25, -0.2) is 9.18 Å². The summed E-state index contributed by atoms with van der Waals surface area (Å²) in [6, 6.07) is 4.66. The third-order valence-electron chi connectivity index (χ3n) is 2.22. The van der Waals surface area contributed by atoms with Crippen molar-refractivity contribution in [2.24, 2.45) is 0 Å². The van der Waals surface area contributed by atoms with Crippen molar-refractivity contribution in [2.45, 2.75) is 20.0 Å². The van der Waals surface area contributed by atoms with Crippen molar-refractivity contribution in [3.63, 3.8) is 0 Å². The summed E-state index contributed by atoms with van der Waals surface area (Å²) in [6.07, 6.45) is -0.175. The van der Waals surface area contributed by atoms with Crippen LogP contribution >= 0.6 is 22.6 Å². The van der Waals surface area contributed by atoms with E-state index in [0.29, 0.717) is 14.7 Å². The van der Waals surface area contributed by atoms with Crippen LogP contribution in [-0.2, 0) is 4.74 Å². The lowest BCUT2D eigenvalue weighted by Crippen LogP contribution is -2.11. The molecule has 0 amide bonds. The zero-order chi connectivity index (χ0) is 12.6. The molecule has 0 spiro atoms. The Bertz CT molecular complexity index is 538. The number of hydrogen-bond donors (Lipinski definition) is 1. The van der Waals surface area contributed by atoms with Gasteiger partial charge in [-0.1, -0.05) is 0 Å². The minimum absolute atomic E-state index is 0.175. The van der Waals surface area contributed by atoms with Gasteiger partial charge >= 0.3 is 5.97 Å². The van der Waals surface area contributed by atoms with Gasteiger partial charge < -0.3 is 9.72 Å². The van der Waals surface area contributed by atoms with Gasteiger partial charge in [0.15, 0.2) is 0 Å². The summed E-state index contributed by atoms with van der Waals surface area (Å²) in [4.78, 5) is 14.6. The predicted octanol–water partition coefficient (Wildman–Crippen LogP) is 3.48. The number of ether oxygens (including phenoxy) is 1. The first-order valence-corrected chi connectivity index (χ1v) is 6.24. The second kappa shape index (κ2) is 4.64. The van der Waals surface area contributed by atoms with E-state index in [1.165, 1.54) is 6.07 Å². The van der Waals surface area contributed by atoms with Gasteiger partial charge in [0, 0.05) is 10.9 Å². The number of nitrogens with one attached hydrogen (secondary N) is 1. The number of H-pyrrole nitrogens is 1. The van der Waals surface area contributed by atoms with Crippen molar-refractivity contribution in [1.29, 1.82) is 0 Å². The minimum atomic E-state index is -0.424. The van der Waals surface area contributed by atoms with E-state index >= 15 is 0 Å². The van der Waals surface area contributed by atoms with Crippen LogP contribution in [0.4, 0.5) is 4.39 Å². The highest BCUT2D eigenvalue weighted by Gasteiger charge is 2.13. The zero-order valence-electron chi connectivity index (χ0n) is 9.38. The summed E-state index contributed by atoms with van der Waals surface area (Å²) in [6.45, 7) is 3.56. The maximum absolute atomic E-state index is 13.3. The number of rotatable bonds is 2. The van der Waals surface area contributed by atoms with Gasteiger partial charge in [0.05, 0.1) is 9.67 Å². The van der Waals surface area contributed by atoms with Gasteiger partial charge in [0.25, 0.3) is 0 Å². The molecule has 2 aromatic rings. The summed E-state index contributed by atoms with van der Waals surface area (Å²) < 4.78 is 18.9. The molecule has 0 aliphatic heterocycles. The average Bonchev–Trinajstić information content (AvgIpc) is 2.60. The Hall–Kier alpha value is -1.11. The third-order valence-corrected chi connectivity index (χ3v) is 3.05. The van der Waals surface area contributed by atoms with Gasteiger partial charge in [-0.2, -0.15) is 0 Å². The molecule has 0 unspecified atom stereocenters. The van der Waals surface area contributed by atoms with Crippen molar-refractivity contribution in [2.75, 3.05) is 0 Å². The summed E-state index contributed by atoms with van der Waals surface area (Å²) in [7, 11) is 0. The molecule has 0 radical (unpaired) electrons. The van der Waals surface area contributed by atoms with E-state index in [1.807, 2.05) is 22.6 Å². The Balaban J connectivity index is 2.41. The monoisotopic (exact) mass is 347 g/mol. The largest absolute Gasteiger partial charge is 0.458 e. The molecule has 0 bridgehead atoms. The molecule has 0 atom stereocenters. The van der Waals surface area contributed by atoms with Gasteiger partial charge in [0.2, 0.25) is 0 Å². The first-order chi connectivity index (χ1) is 7.97. The Morgan fingerprint density at radius 1 is 1.41 bits per heavy atom. The second-order valence-electron chi connectivity index (χ2n) is 3.99. The van der Waals surface area contributed by atoms with Crippen molar-refractivity contribution >= 4 is 39.5 Å². The summed E-state index contributed by atoms with van der Waals surface area (Å²) >= 11 is 1.91. The maximum Gasteiger partial charge on any atom is 0.355 e. The zero-order valence-corrected chi connectivity index (χ0v) is 11.5. The van der Waals surface area contributed by atoms with Crippen LogP contribution in [-0.4, -0.2) is 17.1 Å². The molecular weight excluding hydrogens is 336 g/mol. The average molecular weight is 347 g/mol. The Labute approximate surface area is 111 Å². The van der Waals surface area contributed by atoms with E-state index in [2.05, 4.69) is 4.98 Å². The van der Waals surface area contributed by atoms with E-state index in [1.54, 1.807) is 26.0 Å². The number of esters is 1. The SMILES string of the molecule is CC(C)OC(=O)c1cc2cc(F)c(I)cc2[nH]1. The van der Waals surface area contributed by atoms with E-state index < -0.39 is 5.97 Å². The fraction of sp³-hybridized carbons (Fsp3) is 0.250. The Morgan fingerprint density at radius 3 is 2.76 bits per heavy atom. The number of carbonyl (C=O) groups is 1. The number of benzene rings is 1. The Morgan fingerprint density at radius 2 is 2.12 bits per heavy atom. The molecule has 0 aliphatic rings. The molecule has 1 heterocycles. The van der Waals surface area contributed by atoms with Gasteiger partial charge in [-0.05, 0) is 54.6 Å². The molecule has 90 valence electrons. The second-order valence-corrected chi connectivity index (χ2v) is 5.15. The van der Waals surface area contributed by atoms with Crippen LogP contribution in [0.1, 0.15) is 24.3 Å². The van der Waals surface area contributed by atoms with Crippen molar-refractivity contribution in [3.05, 3.63) is 33.3 Å². The summed E-state index contributed by atoms with van der Waals surface area (Å²) in [5.74, 6) is -0.715. The molecule has 0 saturated carbocycles. The molecule has 3 nitrogen and oxygen atoms in total. The first kappa shape index (κ1) is 12.3. The molecule has 5 heteroatoms. The quantitative estimate of drug-likeness (QED) is 0.668. The normalized spacial score (nSPS) is 11.1. The number of aromatic amines is 1. The standard InChI is InChI=1S/C12H11FINO2/c1-6(2)17-12(16)11-4-7-3-8(13)9(14)5-10(7)15-11/h3-6,15H,1-2H3. The van der Waals surface area contributed by atoms with Crippen LogP contribution in [0, 0.1) is 9.39 Å². The molecule has 0 fully saturated rings. The molecule has 0 aliphatic carbocycles. The van der Waals surface area contributed by atoms with E-state index in [-0.39, 0.29) is 11.9 Å². The number of fused-ring (bicyclic) bond motifs is 1. The first-order valence-electron chi connectivity index (χ1n) is 5.16. The number of carbonyl (C=O) groups excluding carboxylic acids is 1. The van der Waals surface area contributed by atoms with Gasteiger partial charge in [0.1, 0.15) is 11.5 Å². The highest BCUT2D eigenvalue weighted by Crippen LogP contribution is 2.21. The molecule has 1 N–H and O–H groups in total.